The molecule has 2 N–H and O–H groups in total. The summed E-state index contributed by atoms with van der Waals surface area (Å²) in [6, 6.07) is 15.8. The van der Waals surface area contributed by atoms with Gasteiger partial charge in [-0.3, -0.25) is 14.7 Å². The van der Waals surface area contributed by atoms with Gasteiger partial charge in [-0.1, -0.05) is 66.7 Å². The van der Waals surface area contributed by atoms with Crippen LogP contribution >= 0.6 is 11.8 Å². The Kier molecular flexibility index (Phi) is 7.83. The van der Waals surface area contributed by atoms with Crippen molar-refractivity contribution in [3.63, 3.8) is 0 Å². The van der Waals surface area contributed by atoms with E-state index in [1.165, 1.54) is 17.3 Å². The number of nitrogens with zero attached hydrogens (tertiary/aromatic N) is 3. The second kappa shape index (κ2) is 10.8. The topological polar surface area (TPSA) is 88.9 Å². The quantitative estimate of drug-likeness (QED) is 0.523. The van der Waals surface area contributed by atoms with Gasteiger partial charge in [-0.15, -0.1) is 10.2 Å². The first kappa shape index (κ1) is 22.6. The highest BCUT2D eigenvalue weighted by atomic mass is 32.2. The molecule has 0 aliphatic rings. The van der Waals surface area contributed by atoms with Crippen LogP contribution in [0.5, 0.6) is 0 Å². The van der Waals surface area contributed by atoms with Crippen LogP contribution in [0.25, 0.3) is 5.69 Å². The zero-order chi connectivity index (χ0) is 22.2. The predicted octanol–water partition coefficient (Wildman–Crippen LogP) is 3.80. The van der Waals surface area contributed by atoms with E-state index in [9.17, 15) is 9.59 Å². The molecular weight excluding hydrogens is 410 g/mol. The first-order valence-electron chi connectivity index (χ1n) is 10.2. The van der Waals surface area contributed by atoms with Crippen molar-refractivity contribution in [3.05, 3.63) is 71.0 Å². The highest BCUT2D eigenvalue weighted by molar-refractivity contribution is 7.99. The number of thioether (sulfide) groups is 1. The van der Waals surface area contributed by atoms with Gasteiger partial charge in [0.1, 0.15) is 5.82 Å². The molecule has 0 fully saturated rings. The van der Waals surface area contributed by atoms with Crippen molar-refractivity contribution >= 4 is 23.7 Å². The fourth-order valence-electron chi connectivity index (χ4n) is 3.16. The van der Waals surface area contributed by atoms with Gasteiger partial charge in [-0.05, 0) is 37.5 Å². The molecule has 0 aliphatic heterocycles. The van der Waals surface area contributed by atoms with Crippen LogP contribution in [0.2, 0.25) is 0 Å². The Hall–Kier alpha value is -3.13. The van der Waals surface area contributed by atoms with Crippen LogP contribution in [-0.2, 0) is 11.2 Å². The lowest BCUT2D eigenvalue weighted by atomic mass is 10.1. The molecule has 3 amide bonds. The third kappa shape index (κ3) is 6.18. The Bertz CT molecular complexity index is 1050. The summed E-state index contributed by atoms with van der Waals surface area (Å²) in [5.41, 5.74) is 4.37. The number of nitrogens with one attached hydrogen (secondary N) is 2. The number of benzene rings is 2. The Morgan fingerprint density at radius 1 is 1.06 bits per heavy atom. The summed E-state index contributed by atoms with van der Waals surface area (Å²) < 4.78 is 2.00. The van der Waals surface area contributed by atoms with Crippen LogP contribution < -0.4 is 10.6 Å². The van der Waals surface area contributed by atoms with E-state index in [-0.39, 0.29) is 11.7 Å². The summed E-state index contributed by atoms with van der Waals surface area (Å²) in [6.45, 7) is 6.58. The number of amides is 3. The molecule has 8 heteroatoms. The molecule has 0 unspecified atom stereocenters. The molecule has 0 bridgehead atoms. The van der Waals surface area contributed by atoms with Crippen molar-refractivity contribution in [2.75, 3.05) is 12.3 Å². The van der Waals surface area contributed by atoms with Crippen LogP contribution in [0.1, 0.15) is 35.9 Å². The lowest BCUT2D eigenvalue weighted by molar-refractivity contribution is -0.117. The molecular formula is C23H27N5O2S. The second-order valence-electron chi connectivity index (χ2n) is 7.28. The van der Waals surface area contributed by atoms with Crippen LogP contribution in [0.3, 0.4) is 0 Å². The lowest BCUT2D eigenvalue weighted by Crippen LogP contribution is -2.40. The normalized spacial score (nSPS) is 10.7. The van der Waals surface area contributed by atoms with Gasteiger partial charge in [0.2, 0.25) is 5.91 Å². The first-order chi connectivity index (χ1) is 15.0. The van der Waals surface area contributed by atoms with Gasteiger partial charge >= 0.3 is 6.03 Å². The fourth-order valence-corrected chi connectivity index (χ4v) is 3.92. The van der Waals surface area contributed by atoms with Crippen molar-refractivity contribution < 1.29 is 9.59 Å². The highest BCUT2D eigenvalue weighted by Gasteiger charge is 2.18. The minimum Gasteiger partial charge on any atom is -0.338 e. The Morgan fingerprint density at radius 2 is 1.84 bits per heavy atom. The zero-order valence-electron chi connectivity index (χ0n) is 18.0. The van der Waals surface area contributed by atoms with Gasteiger partial charge in [0.15, 0.2) is 5.16 Å². The molecule has 0 aliphatic carbocycles. The summed E-state index contributed by atoms with van der Waals surface area (Å²) >= 11 is 1.26. The van der Waals surface area contributed by atoms with Crippen LogP contribution in [0.15, 0.2) is 53.7 Å². The Labute approximate surface area is 186 Å². The average Bonchev–Trinajstić information content (AvgIpc) is 3.13. The monoisotopic (exact) mass is 437 g/mol. The van der Waals surface area contributed by atoms with Gasteiger partial charge in [0, 0.05) is 13.0 Å². The number of aromatic nitrogens is 3. The molecule has 0 radical (unpaired) electrons. The van der Waals surface area contributed by atoms with Gasteiger partial charge in [0.05, 0.1) is 11.4 Å². The average molecular weight is 438 g/mol. The SMILES string of the molecule is CCCNC(=O)NC(=O)CSc1nnc(Cc2ccccc2)n1-c1ccc(C)cc1C. The molecule has 0 atom stereocenters. The number of imide groups is 1. The predicted molar refractivity (Wildman–Crippen MR) is 123 cm³/mol. The lowest BCUT2D eigenvalue weighted by Gasteiger charge is -2.13. The molecule has 7 nitrogen and oxygen atoms in total. The maximum Gasteiger partial charge on any atom is 0.321 e. The summed E-state index contributed by atoms with van der Waals surface area (Å²) in [4.78, 5) is 23.9. The maximum atomic E-state index is 12.2. The number of carbonyl (C=O) groups is 2. The maximum absolute atomic E-state index is 12.2. The number of hydrogen-bond donors (Lipinski definition) is 2. The largest absolute Gasteiger partial charge is 0.338 e. The molecule has 0 saturated carbocycles. The van der Waals surface area contributed by atoms with Gasteiger partial charge in [-0.25, -0.2) is 4.79 Å². The van der Waals surface area contributed by atoms with Crippen LogP contribution in [0, 0.1) is 13.8 Å². The van der Waals surface area contributed by atoms with E-state index in [1.807, 2.05) is 48.7 Å². The van der Waals surface area contributed by atoms with Gasteiger partial charge < -0.3 is 5.32 Å². The summed E-state index contributed by atoms with van der Waals surface area (Å²) in [5.74, 6) is 0.480. The molecule has 3 rings (SSSR count). The van der Waals surface area contributed by atoms with Crippen molar-refractivity contribution in [3.8, 4) is 5.69 Å². The second-order valence-corrected chi connectivity index (χ2v) is 8.22. The minimum absolute atomic E-state index is 0.0634. The van der Waals surface area contributed by atoms with E-state index >= 15 is 0 Å². The number of carbonyl (C=O) groups excluding carboxylic acids is 2. The number of aryl methyl sites for hydroxylation is 2. The van der Waals surface area contributed by atoms with Crippen molar-refractivity contribution in [2.45, 2.75) is 38.8 Å². The van der Waals surface area contributed by atoms with E-state index < -0.39 is 6.03 Å². The summed E-state index contributed by atoms with van der Waals surface area (Å²) in [5, 5.41) is 14.3. The van der Waals surface area contributed by atoms with E-state index in [2.05, 4.69) is 46.0 Å². The van der Waals surface area contributed by atoms with E-state index in [0.29, 0.717) is 18.1 Å². The molecule has 0 saturated heterocycles. The first-order valence-corrected chi connectivity index (χ1v) is 11.2. The minimum atomic E-state index is -0.479. The van der Waals surface area contributed by atoms with Gasteiger partial charge in [0.25, 0.3) is 0 Å². The molecule has 2 aromatic carbocycles. The molecule has 3 aromatic rings. The van der Waals surface area contributed by atoms with E-state index in [0.717, 1.165) is 29.1 Å². The third-order valence-electron chi connectivity index (χ3n) is 4.62. The highest BCUT2D eigenvalue weighted by Crippen LogP contribution is 2.26. The molecule has 162 valence electrons. The molecule has 31 heavy (non-hydrogen) atoms. The molecule has 1 heterocycles. The number of hydrogen-bond acceptors (Lipinski definition) is 5. The van der Waals surface area contributed by atoms with Crippen molar-refractivity contribution in [1.82, 2.24) is 25.4 Å². The summed E-state index contributed by atoms with van der Waals surface area (Å²) in [7, 11) is 0. The standard InChI is InChI=1S/C23H27N5O2S/c1-4-12-24-22(30)25-21(29)15-31-23-27-26-20(14-18-8-6-5-7-9-18)28(23)19-11-10-16(2)13-17(19)3/h5-11,13H,4,12,14-15H2,1-3H3,(H2,24,25,29,30). The van der Waals surface area contributed by atoms with E-state index in [4.69, 9.17) is 0 Å². The van der Waals surface area contributed by atoms with Crippen LogP contribution in [-0.4, -0.2) is 39.0 Å². The fraction of sp³-hybridized carbons (Fsp3) is 0.304. The zero-order valence-corrected chi connectivity index (χ0v) is 18.8. The smallest absolute Gasteiger partial charge is 0.321 e. The molecule has 1 aromatic heterocycles. The van der Waals surface area contributed by atoms with Gasteiger partial charge in [-0.2, -0.15) is 0 Å². The van der Waals surface area contributed by atoms with Crippen molar-refractivity contribution in [2.24, 2.45) is 0 Å². The van der Waals surface area contributed by atoms with E-state index in [1.54, 1.807) is 0 Å². The Morgan fingerprint density at radius 3 is 2.55 bits per heavy atom. The number of rotatable bonds is 8. The Balaban J connectivity index is 1.83. The molecule has 0 spiro atoms. The third-order valence-corrected chi connectivity index (χ3v) is 5.55. The summed E-state index contributed by atoms with van der Waals surface area (Å²) in [6.07, 6.45) is 1.42. The number of urea groups is 1. The van der Waals surface area contributed by atoms with Crippen molar-refractivity contribution in [1.29, 1.82) is 0 Å². The van der Waals surface area contributed by atoms with Crippen LogP contribution in [0.4, 0.5) is 4.79 Å².